The number of allylic oxidation sites excluding steroid dienone is 1. The van der Waals surface area contributed by atoms with Crippen LogP contribution < -0.4 is 10.5 Å². The van der Waals surface area contributed by atoms with Gasteiger partial charge in [-0.3, -0.25) is 9.97 Å². The van der Waals surface area contributed by atoms with Crippen molar-refractivity contribution < 1.29 is 36.9 Å². The van der Waals surface area contributed by atoms with E-state index in [-0.39, 0.29) is 52.6 Å². The summed E-state index contributed by atoms with van der Waals surface area (Å²) in [7, 11) is 1.52. The number of alkyl halides is 2. The number of carboxylic acid groups (broad SMARTS) is 1. The summed E-state index contributed by atoms with van der Waals surface area (Å²) < 4.78 is 68.2. The van der Waals surface area contributed by atoms with Gasteiger partial charge < -0.3 is 24.9 Å². The maximum absolute atomic E-state index is 15.4. The molecule has 0 bridgehead atoms. The van der Waals surface area contributed by atoms with E-state index in [1.807, 2.05) is 0 Å². The molecule has 5 rings (SSSR count). The highest BCUT2D eigenvalue weighted by atomic mass is 19.3. The van der Waals surface area contributed by atoms with E-state index in [4.69, 9.17) is 15.2 Å². The van der Waals surface area contributed by atoms with E-state index in [2.05, 4.69) is 24.9 Å². The van der Waals surface area contributed by atoms with E-state index in [0.717, 1.165) is 24.5 Å². The number of rotatable bonds is 13. The van der Waals surface area contributed by atoms with Crippen LogP contribution in [-0.2, 0) is 24.3 Å². The van der Waals surface area contributed by atoms with Crippen LogP contribution in [0.2, 0.25) is 0 Å². The number of benzene rings is 2. The molecule has 47 heavy (non-hydrogen) atoms. The topological polar surface area (TPSA) is 151 Å². The third-order valence-electron chi connectivity index (χ3n) is 6.95. The molecule has 3 heterocycles. The molecular weight excluding hydrogens is 622 g/mol. The number of imidazole rings is 1. The van der Waals surface area contributed by atoms with Crippen molar-refractivity contribution in [2.24, 2.45) is 10.7 Å². The molecule has 0 saturated heterocycles. The monoisotopic (exact) mass is 649 g/mol. The summed E-state index contributed by atoms with van der Waals surface area (Å²) in [6.07, 6.45) is 4.59. The second-order valence-corrected chi connectivity index (χ2v) is 10.0. The Morgan fingerprint density at radius 2 is 1.91 bits per heavy atom. The van der Waals surface area contributed by atoms with Gasteiger partial charge >= 0.3 is 12.5 Å². The molecule has 5 aromatic rings. The van der Waals surface area contributed by atoms with Gasteiger partial charge in [0.05, 0.1) is 52.7 Å². The molecule has 15 heteroatoms. The van der Waals surface area contributed by atoms with Crippen LogP contribution in [0.25, 0.3) is 27.9 Å². The van der Waals surface area contributed by atoms with Crippen LogP contribution >= 0.6 is 0 Å². The number of halogens is 4. The van der Waals surface area contributed by atoms with Gasteiger partial charge in [0, 0.05) is 49.7 Å². The normalized spacial score (nSPS) is 12.0. The zero-order chi connectivity index (χ0) is 33.5. The lowest BCUT2D eigenvalue weighted by Crippen LogP contribution is -2.10. The predicted molar refractivity (Wildman–Crippen MR) is 164 cm³/mol. The molecule has 0 saturated carbocycles. The molecule has 0 aliphatic heterocycles. The van der Waals surface area contributed by atoms with Crippen LogP contribution in [0, 0.1) is 11.6 Å². The summed E-state index contributed by atoms with van der Waals surface area (Å²) in [5.74, 6) is -1.99. The molecule has 3 N–H and O–H groups in total. The maximum Gasteiger partial charge on any atom is 0.335 e. The molecule has 0 fully saturated rings. The summed E-state index contributed by atoms with van der Waals surface area (Å²) in [6.45, 7) is -2.36. The Morgan fingerprint density at radius 3 is 2.62 bits per heavy atom. The molecule has 0 spiro atoms. The number of hydrogen-bond acceptors (Lipinski definition) is 9. The molecule has 242 valence electrons. The second kappa shape index (κ2) is 14.6. The fraction of sp³-hybridized carbons (Fsp3) is 0.188. The van der Waals surface area contributed by atoms with Gasteiger partial charge in [0.1, 0.15) is 24.1 Å². The van der Waals surface area contributed by atoms with Crippen molar-refractivity contribution in [2.45, 2.75) is 26.1 Å². The molecule has 0 atom stereocenters. The van der Waals surface area contributed by atoms with Crippen molar-refractivity contribution in [2.75, 3.05) is 13.7 Å². The third kappa shape index (κ3) is 7.76. The Hall–Kier alpha value is -5.70. The highest BCUT2D eigenvalue weighted by Gasteiger charge is 2.18. The van der Waals surface area contributed by atoms with E-state index in [9.17, 15) is 18.7 Å². The van der Waals surface area contributed by atoms with E-state index in [1.54, 1.807) is 16.7 Å². The van der Waals surface area contributed by atoms with Crippen molar-refractivity contribution in [1.29, 1.82) is 0 Å². The third-order valence-corrected chi connectivity index (χ3v) is 6.95. The smallest absolute Gasteiger partial charge is 0.335 e. The van der Waals surface area contributed by atoms with E-state index in [0.29, 0.717) is 35.7 Å². The molecule has 0 amide bonds. The predicted octanol–water partition coefficient (Wildman–Crippen LogP) is 5.27. The Kier molecular flexibility index (Phi) is 10.2. The molecule has 2 aromatic carbocycles. The minimum Gasteiger partial charge on any atom is -0.478 e. The van der Waals surface area contributed by atoms with Crippen molar-refractivity contribution in [3.63, 3.8) is 0 Å². The summed E-state index contributed by atoms with van der Waals surface area (Å²) in [5.41, 5.74) is 7.41. The zero-order valence-corrected chi connectivity index (χ0v) is 24.8. The Balaban J connectivity index is 1.33. The Bertz CT molecular complexity index is 1960. The minimum atomic E-state index is -2.89. The molecule has 0 aliphatic carbocycles. The fourth-order valence-corrected chi connectivity index (χ4v) is 4.67. The number of aromatic carboxylic acids is 1. The van der Waals surface area contributed by atoms with Crippen LogP contribution in [0.4, 0.5) is 17.6 Å². The molecule has 0 aliphatic rings. The standard InChI is InChI=1S/C32H27F4N7O4/c1-46-8-7-43-28-10-18(31(44)45)5-6-26(28)41-29(43)11-19-9-24(34)22(12-23(19)33)25-3-2-4-30(42-25)47-17-21-15-39-27(16-38-21)20(13-37)14-40-32(35)36/h2-6,9-10,12-16,32H,7-8,11,17,37H2,1H3,(H,44,45)/b20-13+,40-14+. The highest BCUT2D eigenvalue weighted by molar-refractivity contribution is 6.08. The molecule has 0 radical (unpaired) electrons. The van der Waals surface area contributed by atoms with E-state index < -0.39 is 24.2 Å². The van der Waals surface area contributed by atoms with Gasteiger partial charge in [-0.15, -0.1) is 0 Å². The van der Waals surface area contributed by atoms with Gasteiger partial charge in [0.2, 0.25) is 5.88 Å². The minimum absolute atomic E-state index is 0.0428. The average Bonchev–Trinajstić information content (AvgIpc) is 3.41. The largest absolute Gasteiger partial charge is 0.478 e. The van der Waals surface area contributed by atoms with Crippen molar-refractivity contribution >= 4 is 28.8 Å². The number of ether oxygens (including phenoxy) is 2. The van der Waals surface area contributed by atoms with Gasteiger partial charge in [-0.05, 0) is 42.0 Å². The maximum atomic E-state index is 15.4. The first-order valence-corrected chi connectivity index (χ1v) is 14.0. The molecule has 3 aromatic heterocycles. The number of carboxylic acids is 1. The van der Waals surface area contributed by atoms with E-state index >= 15 is 8.78 Å². The van der Waals surface area contributed by atoms with Crippen LogP contribution in [0.5, 0.6) is 5.88 Å². The first-order valence-electron chi connectivity index (χ1n) is 14.0. The first-order chi connectivity index (χ1) is 22.7. The Labute approximate surface area is 265 Å². The highest BCUT2D eigenvalue weighted by Crippen LogP contribution is 2.28. The number of carbonyl (C=O) groups is 1. The van der Waals surface area contributed by atoms with Crippen molar-refractivity contribution in [1.82, 2.24) is 24.5 Å². The number of nitrogens with zero attached hydrogens (tertiary/aromatic N) is 6. The van der Waals surface area contributed by atoms with Gasteiger partial charge in [0.15, 0.2) is 0 Å². The average molecular weight is 650 g/mol. The quantitative estimate of drug-likeness (QED) is 0.0987. The van der Waals surface area contributed by atoms with Gasteiger partial charge in [-0.1, -0.05) is 6.07 Å². The molecule has 11 nitrogen and oxygen atoms in total. The van der Waals surface area contributed by atoms with Gasteiger partial charge in [0.25, 0.3) is 0 Å². The van der Waals surface area contributed by atoms with Crippen LogP contribution in [0.1, 0.15) is 33.1 Å². The molecule has 0 unspecified atom stereocenters. The lowest BCUT2D eigenvalue weighted by atomic mass is 10.0. The number of fused-ring (bicyclic) bond motifs is 1. The second-order valence-electron chi connectivity index (χ2n) is 10.0. The molecular formula is C32H27F4N7O4. The lowest BCUT2D eigenvalue weighted by Gasteiger charge is -2.12. The van der Waals surface area contributed by atoms with Crippen LogP contribution in [-0.4, -0.2) is 62.1 Å². The summed E-state index contributed by atoms with van der Waals surface area (Å²) in [5, 5.41) is 9.41. The fourth-order valence-electron chi connectivity index (χ4n) is 4.67. The summed E-state index contributed by atoms with van der Waals surface area (Å²) in [4.78, 5) is 31.7. The van der Waals surface area contributed by atoms with Crippen molar-refractivity contribution in [3.8, 4) is 17.1 Å². The Morgan fingerprint density at radius 1 is 1.09 bits per heavy atom. The van der Waals surface area contributed by atoms with Gasteiger partial charge in [-0.2, -0.15) is 8.78 Å². The number of hydrogen-bond donors (Lipinski definition) is 2. The van der Waals surface area contributed by atoms with Crippen molar-refractivity contribution in [3.05, 3.63) is 107 Å². The first kappa shape index (κ1) is 32.7. The number of methoxy groups -OCH3 is 1. The number of aromatic nitrogens is 5. The zero-order valence-electron chi connectivity index (χ0n) is 24.8. The summed E-state index contributed by atoms with van der Waals surface area (Å²) in [6, 6.07) is 11.2. The summed E-state index contributed by atoms with van der Waals surface area (Å²) >= 11 is 0. The SMILES string of the molecule is COCCn1c(Cc2cc(F)c(-c3cccc(OCc4cnc(C(=C/N)/C=N/C(F)F)cn4)n3)cc2F)nc2ccc(C(=O)O)cc21. The van der Waals surface area contributed by atoms with Crippen LogP contribution in [0.15, 0.2) is 72.1 Å². The van der Waals surface area contributed by atoms with Crippen LogP contribution in [0.3, 0.4) is 0 Å². The number of pyridine rings is 1. The van der Waals surface area contributed by atoms with Gasteiger partial charge in [-0.25, -0.2) is 28.5 Å². The van der Waals surface area contributed by atoms with E-state index in [1.165, 1.54) is 43.8 Å². The number of aliphatic imine (C=N–C) groups is 1. The number of nitrogens with two attached hydrogens (primary N) is 1. The lowest BCUT2D eigenvalue weighted by molar-refractivity contribution is 0.0697.